The Bertz CT molecular complexity index is 579. The SMILES string of the molecule is CCCCCCOc1ccc(/C=C/C(=O)NCC2CCCO2)cc1OC. The number of amides is 1. The molecular formula is C21H31NO4. The highest BCUT2D eigenvalue weighted by Crippen LogP contribution is 2.28. The number of ether oxygens (including phenoxy) is 3. The van der Waals surface area contributed by atoms with Gasteiger partial charge in [0, 0.05) is 19.2 Å². The Morgan fingerprint density at radius 2 is 2.19 bits per heavy atom. The normalized spacial score (nSPS) is 16.8. The minimum atomic E-state index is -0.115. The zero-order valence-electron chi connectivity index (χ0n) is 16.0. The molecule has 0 spiro atoms. The molecule has 1 atom stereocenters. The van der Waals surface area contributed by atoms with Crippen molar-refractivity contribution < 1.29 is 19.0 Å². The summed E-state index contributed by atoms with van der Waals surface area (Å²) in [4.78, 5) is 11.9. The molecular weight excluding hydrogens is 330 g/mol. The number of carbonyl (C=O) groups is 1. The maximum absolute atomic E-state index is 11.9. The summed E-state index contributed by atoms with van der Waals surface area (Å²) in [5, 5.41) is 2.87. The Hall–Kier alpha value is -2.01. The zero-order valence-corrected chi connectivity index (χ0v) is 16.0. The molecule has 5 heteroatoms. The summed E-state index contributed by atoms with van der Waals surface area (Å²) < 4.78 is 16.7. The van der Waals surface area contributed by atoms with Gasteiger partial charge >= 0.3 is 0 Å². The Kier molecular flexibility index (Phi) is 9.04. The van der Waals surface area contributed by atoms with Crippen molar-refractivity contribution in [1.82, 2.24) is 5.32 Å². The van der Waals surface area contributed by atoms with Gasteiger partial charge in [-0.1, -0.05) is 32.3 Å². The molecule has 0 aliphatic carbocycles. The second-order valence-electron chi connectivity index (χ2n) is 6.53. The van der Waals surface area contributed by atoms with E-state index in [2.05, 4.69) is 12.2 Å². The molecule has 0 radical (unpaired) electrons. The van der Waals surface area contributed by atoms with E-state index in [9.17, 15) is 4.79 Å². The van der Waals surface area contributed by atoms with E-state index in [0.29, 0.717) is 18.9 Å². The average molecular weight is 361 g/mol. The van der Waals surface area contributed by atoms with Crippen molar-refractivity contribution in [3.63, 3.8) is 0 Å². The van der Waals surface area contributed by atoms with Gasteiger partial charge in [0.2, 0.25) is 5.91 Å². The van der Waals surface area contributed by atoms with Crippen molar-refractivity contribution in [2.24, 2.45) is 0 Å². The van der Waals surface area contributed by atoms with Crippen molar-refractivity contribution in [3.05, 3.63) is 29.8 Å². The fraction of sp³-hybridized carbons (Fsp3) is 0.571. The predicted octanol–water partition coefficient (Wildman–Crippen LogP) is 3.96. The Labute approximate surface area is 156 Å². The van der Waals surface area contributed by atoms with E-state index in [-0.39, 0.29) is 12.0 Å². The van der Waals surface area contributed by atoms with Crippen LogP contribution < -0.4 is 14.8 Å². The van der Waals surface area contributed by atoms with Crippen molar-refractivity contribution in [2.45, 2.75) is 51.6 Å². The van der Waals surface area contributed by atoms with E-state index >= 15 is 0 Å². The summed E-state index contributed by atoms with van der Waals surface area (Å²) in [6.45, 7) is 4.25. The molecule has 0 aromatic heterocycles. The van der Waals surface area contributed by atoms with Crippen LogP contribution >= 0.6 is 0 Å². The van der Waals surface area contributed by atoms with E-state index in [1.54, 1.807) is 13.2 Å². The summed E-state index contributed by atoms with van der Waals surface area (Å²) in [6, 6.07) is 5.70. The number of methoxy groups -OCH3 is 1. The molecule has 1 amide bonds. The van der Waals surface area contributed by atoms with E-state index in [0.717, 1.165) is 37.2 Å². The second-order valence-corrected chi connectivity index (χ2v) is 6.53. The zero-order chi connectivity index (χ0) is 18.6. The largest absolute Gasteiger partial charge is 0.493 e. The maximum atomic E-state index is 11.9. The monoisotopic (exact) mass is 361 g/mol. The van der Waals surface area contributed by atoms with Crippen LogP contribution in [0.25, 0.3) is 6.08 Å². The molecule has 1 unspecified atom stereocenters. The molecule has 1 aliphatic heterocycles. The molecule has 144 valence electrons. The Morgan fingerprint density at radius 3 is 2.92 bits per heavy atom. The van der Waals surface area contributed by atoms with Crippen LogP contribution in [0.2, 0.25) is 0 Å². The lowest BCUT2D eigenvalue weighted by Gasteiger charge is -2.11. The first kappa shape index (κ1) is 20.3. The molecule has 2 rings (SSSR count). The molecule has 1 aromatic rings. The minimum Gasteiger partial charge on any atom is -0.493 e. The number of rotatable bonds is 11. The molecule has 1 fully saturated rings. The second kappa shape index (κ2) is 11.6. The van der Waals surface area contributed by atoms with E-state index in [4.69, 9.17) is 14.2 Å². The fourth-order valence-corrected chi connectivity index (χ4v) is 2.87. The summed E-state index contributed by atoms with van der Waals surface area (Å²) in [5.41, 5.74) is 0.896. The number of hydrogen-bond acceptors (Lipinski definition) is 4. The van der Waals surface area contributed by atoms with Gasteiger partial charge in [-0.15, -0.1) is 0 Å². The van der Waals surface area contributed by atoms with Gasteiger partial charge < -0.3 is 19.5 Å². The predicted molar refractivity (Wildman–Crippen MR) is 104 cm³/mol. The van der Waals surface area contributed by atoms with Crippen LogP contribution in [0.15, 0.2) is 24.3 Å². The first-order chi connectivity index (χ1) is 12.7. The van der Waals surface area contributed by atoms with Crippen LogP contribution in [0.3, 0.4) is 0 Å². The van der Waals surface area contributed by atoms with Crippen LogP contribution in [-0.2, 0) is 9.53 Å². The highest BCUT2D eigenvalue weighted by molar-refractivity contribution is 5.91. The standard InChI is InChI=1S/C21H31NO4/c1-3-4-5-6-13-26-19-11-9-17(15-20(19)24-2)10-12-21(23)22-16-18-8-7-14-25-18/h9-12,15,18H,3-8,13-14,16H2,1-2H3,(H,22,23)/b12-10+. The molecule has 26 heavy (non-hydrogen) atoms. The topological polar surface area (TPSA) is 56.8 Å². The van der Waals surface area contributed by atoms with Gasteiger partial charge in [0.05, 0.1) is 19.8 Å². The molecule has 1 aromatic carbocycles. The highest BCUT2D eigenvalue weighted by atomic mass is 16.5. The van der Waals surface area contributed by atoms with Crippen LogP contribution in [-0.4, -0.2) is 38.9 Å². The molecule has 1 saturated heterocycles. The van der Waals surface area contributed by atoms with Gasteiger partial charge in [0.15, 0.2) is 11.5 Å². The Morgan fingerprint density at radius 1 is 1.31 bits per heavy atom. The Balaban J connectivity index is 1.81. The first-order valence-electron chi connectivity index (χ1n) is 9.61. The smallest absolute Gasteiger partial charge is 0.244 e. The number of unbranched alkanes of at least 4 members (excludes halogenated alkanes) is 3. The maximum Gasteiger partial charge on any atom is 0.244 e. The van der Waals surface area contributed by atoms with Gasteiger partial charge in [0.1, 0.15) is 0 Å². The van der Waals surface area contributed by atoms with Gasteiger partial charge in [-0.05, 0) is 43.0 Å². The lowest BCUT2D eigenvalue weighted by molar-refractivity contribution is -0.116. The molecule has 5 nitrogen and oxygen atoms in total. The number of carbonyl (C=O) groups excluding carboxylic acids is 1. The van der Waals surface area contributed by atoms with E-state index < -0.39 is 0 Å². The summed E-state index contributed by atoms with van der Waals surface area (Å²) in [6.07, 6.45) is 10.2. The number of hydrogen-bond donors (Lipinski definition) is 1. The van der Waals surface area contributed by atoms with E-state index in [1.807, 2.05) is 18.2 Å². The molecule has 1 aliphatic rings. The third kappa shape index (κ3) is 7.08. The molecule has 0 saturated carbocycles. The third-order valence-corrected chi connectivity index (χ3v) is 4.40. The number of nitrogens with one attached hydrogen (secondary N) is 1. The molecule has 0 bridgehead atoms. The first-order valence-corrected chi connectivity index (χ1v) is 9.61. The average Bonchev–Trinajstić information content (AvgIpc) is 3.18. The lowest BCUT2D eigenvalue weighted by Crippen LogP contribution is -2.30. The third-order valence-electron chi connectivity index (χ3n) is 4.40. The van der Waals surface area contributed by atoms with Crippen LogP contribution in [0.1, 0.15) is 51.0 Å². The lowest BCUT2D eigenvalue weighted by atomic mass is 10.2. The molecule has 1 heterocycles. The van der Waals surface area contributed by atoms with Crippen molar-refractivity contribution >= 4 is 12.0 Å². The minimum absolute atomic E-state index is 0.115. The molecule has 1 N–H and O–H groups in total. The number of benzene rings is 1. The van der Waals surface area contributed by atoms with Gasteiger partial charge in [-0.2, -0.15) is 0 Å². The summed E-state index contributed by atoms with van der Waals surface area (Å²) in [7, 11) is 1.63. The highest BCUT2D eigenvalue weighted by Gasteiger charge is 2.15. The fourth-order valence-electron chi connectivity index (χ4n) is 2.87. The summed E-state index contributed by atoms with van der Waals surface area (Å²) in [5.74, 6) is 1.31. The van der Waals surface area contributed by atoms with Gasteiger partial charge in [-0.25, -0.2) is 0 Å². The van der Waals surface area contributed by atoms with Crippen LogP contribution in [0.4, 0.5) is 0 Å². The van der Waals surface area contributed by atoms with Crippen LogP contribution in [0.5, 0.6) is 11.5 Å². The summed E-state index contributed by atoms with van der Waals surface area (Å²) >= 11 is 0. The van der Waals surface area contributed by atoms with Crippen LogP contribution in [0, 0.1) is 0 Å². The quantitative estimate of drug-likeness (QED) is 0.479. The van der Waals surface area contributed by atoms with Crippen molar-refractivity contribution in [1.29, 1.82) is 0 Å². The van der Waals surface area contributed by atoms with Crippen molar-refractivity contribution in [2.75, 3.05) is 26.9 Å². The van der Waals surface area contributed by atoms with Gasteiger partial charge in [0.25, 0.3) is 0 Å². The van der Waals surface area contributed by atoms with E-state index in [1.165, 1.54) is 25.3 Å². The van der Waals surface area contributed by atoms with Crippen molar-refractivity contribution in [3.8, 4) is 11.5 Å². The van der Waals surface area contributed by atoms with Gasteiger partial charge in [-0.3, -0.25) is 4.79 Å².